The van der Waals surface area contributed by atoms with Crippen LogP contribution < -0.4 is 0 Å². The summed E-state index contributed by atoms with van der Waals surface area (Å²) >= 11 is 0. The van der Waals surface area contributed by atoms with E-state index in [4.69, 9.17) is 5.11 Å². The second-order valence-corrected chi connectivity index (χ2v) is 3.31. The fourth-order valence-electron chi connectivity index (χ4n) is 1.38. The number of unbranched alkanes of at least 4 members (excludes halogenated alkanes) is 2. The highest BCUT2D eigenvalue weighted by atomic mass is 19.3. The van der Waals surface area contributed by atoms with E-state index in [1.165, 1.54) is 4.68 Å². The Balaban J connectivity index is 2.73. The van der Waals surface area contributed by atoms with Crippen molar-refractivity contribution >= 4 is 0 Å². The highest BCUT2D eigenvalue weighted by Gasteiger charge is 2.20. The van der Waals surface area contributed by atoms with E-state index in [2.05, 4.69) is 10.3 Å². The molecule has 15 heavy (non-hydrogen) atoms. The van der Waals surface area contributed by atoms with Gasteiger partial charge in [-0.2, -0.15) is 0 Å². The number of halogens is 2. The summed E-state index contributed by atoms with van der Waals surface area (Å²) in [5, 5.41) is 15.9. The number of aromatic nitrogens is 3. The Hall–Kier alpha value is -1.04. The summed E-state index contributed by atoms with van der Waals surface area (Å²) in [6.07, 6.45) is 0.149. The van der Waals surface area contributed by atoms with Gasteiger partial charge in [-0.25, -0.2) is 13.5 Å². The average molecular weight is 219 g/mol. The highest BCUT2D eigenvalue weighted by Crippen LogP contribution is 2.21. The number of aryl methyl sites for hydroxylation is 1. The summed E-state index contributed by atoms with van der Waals surface area (Å²) < 4.78 is 26.4. The predicted molar refractivity (Wildman–Crippen MR) is 50.4 cm³/mol. The van der Waals surface area contributed by atoms with Crippen LogP contribution in [0.25, 0.3) is 0 Å². The van der Waals surface area contributed by atoms with Crippen molar-refractivity contribution in [1.29, 1.82) is 0 Å². The predicted octanol–water partition coefficient (Wildman–Crippen LogP) is 1.90. The van der Waals surface area contributed by atoms with Gasteiger partial charge in [-0.15, -0.1) is 5.10 Å². The number of nitrogens with zero attached hydrogens (tertiary/aromatic N) is 3. The van der Waals surface area contributed by atoms with Gasteiger partial charge >= 0.3 is 0 Å². The third-order valence-corrected chi connectivity index (χ3v) is 2.18. The maximum absolute atomic E-state index is 12.6. The molecule has 1 aromatic rings. The van der Waals surface area contributed by atoms with E-state index in [-0.39, 0.29) is 11.4 Å². The number of aliphatic hydroxyl groups is 1. The van der Waals surface area contributed by atoms with Crippen molar-refractivity contribution < 1.29 is 13.9 Å². The molecule has 0 saturated heterocycles. The smallest absolute Gasteiger partial charge is 0.282 e. The minimum absolute atomic E-state index is 0.0264. The van der Waals surface area contributed by atoms with Crippen molar-refractivity contribution in [3.63, 3.8) is 0 Å². The van der Waals surface area contributed by atoms with E-state index >= 15 is 0 Å². The summed E-state index contributed by atoms with van der Waals surface area (Å²) in [5.74, 6) is 0. The molecule has 1 rings (SSSR count). The fourth-order valence-corrected chi connectivity index (χ4v) is 1.38. The quantitative estimate of drug-likeness (QED) is 0.743. The number of alkyl halides is 2. The van der Waals surface area contributed by atoms with Crippen LogP contribution in [-0.4, -0.2) is 20.1 Å². The van der Waals surface area contributed by atoms with E-state index in [9.17, 15) is 8.78 Å². The number of aliphatic hydroxyl groups excluding tert-OH is 1. The van der Waals surface area contributed by atoms with Gasteiger partial charge in [0.1, 0.15) is 11.4 Å². The number of hydrogen-bond acceptors (Lipinski definition) is 3. The van der Waals surface area contributed by atoms with Crippen LogP contribution >= 0.6 is 0 Å². The van der Waals surface area contributed by atoms with Crippen molar-refractivity contribution in [2.75, 3.05) is 0 Å². The Morgan fingerprint density at radius 3 is 2.67 bits per heavy atom. The van der Waals surface area contributed by atoms with Crippen molar-refractivity contribution in [3.8, 4) is 0 Å². The molecule has 0 radical (unpaired) electrons. The SMILES string of the molecule is CCCCCn1nnc(CO)c1C(F)F. The van der Waals surface area contributed by atoms with Crippen LogP contribution in [0.5, 0.6) is 0 Å². The lowest BCUT2D eigenvalue weighted by Crippen LogP contribution is -2.07. The van der Waals surface area contributed by atoms with E-state index in [1.807, 2.05) is 6.92 Å². The maximum Gasteiger partial charge on any atom is 0.282 e. The van der Waals surface area contributed by atoms with Crippen LogP contribution in [0.15, 0.2) is 0 Å². The summed E-state index contributed by atoms with van der Waals surface area (Å²) in [6.45, 7) is 1.97. The van der Waals surface area contributed by atoms with Gasteiger partial charge in [0.05, 0.1) is 6.61 Å². The van der Waals surface area contributed by atoms with Crippen LogP contribution in [0.4, 0.5) is 8.78 Å². The van der Waals surface area contributed by atoms with Crippen LogP contribution in [0.1, 0.15) is 44.0 Å². The molecule has 1 aromatic heterocycles. The molecule has 6 heteroatoms. The Bertz CT molecular complexity index is 302. The minimum Gasteiger partial charge on any atom is -0.390 e. The molecule has 0 fully saturated rings. The molecule has 0 aromatic carbocycles. The number of rotatable bonds is 6. The van der Waals surface area contributed by atoms with E-state index < -0.39 is 13.0 Å². The molecule has 0 aliphatic rings. The molecule has 0 amide bonds. The second-order valence-electron chi connectivity index (χ2n) is 3.31. The summed E-state index contributed by atoms with van der Waals surface area (Å²) in [7, 11) is 0. The third kappa shape index (κ3) is 2.95. The first-order valence-electron chi connectivity index (χ1n) is 5.02. The van der Waals surface area contributed by atoms with Gasteiger partial charge in [0.2, 0.25) is 0 Å². The average Bonchev–Trinajstić information content (AvgIpc) is 2.61. The van der Waals surface area contributed by atoms with Crippen molar-refractivity contribution in [1.82, 2.24) is 15.0 Å². The van der Waals surface area contributed by atoms with E-state index in [1.54, 1.807) is 0 Å². The van der Waals surface area contributed by atoms with Crippen LogP contribution in [0.3, 0.4) is 0 Å². The summed E-state index contributed by atoms with van der Waals surface area (Å²) in [6, 6.07) is 0. The molecule has 0 aliphatic carbocycles. The van der Waals surface area contributed by atoms with Crippen LogP contribution in [-0.2, 0) is 13.2 Å². The molecular weight excluding hydrogens is 204 g/mol. The monoisotopic (exact) mass is 219 g/mol. The third-order valence-electron chi connectivity index (χ3n) is 2.18. The molecule has 86 valence electrons. The Kier molecular flexibility index (Phi) is 4.61. The van der Waals surface area contributed by atoms with Gasteiger partial charge in [-0.3, -0.25) is 0 Å². The molecule has 0 aliphatic heterocycles. The largest absolute Gasteiger partial charge is 0.390 e. The zero-order valence-electron chi connectivity index (χ0n) is 8.66. The second kappa shape index (κ2) is 5.75. The van der Waals surface area contributed by atoms with Crippen LogP contribution in [0, 0.1) is 0 Å². The van der Waals surface area contributed by atoms with Crippen molar-refractivity contribution in [2.45, 2.75) is 45.8 Å². The van der Waals surface area contributed by atoms with Crippen molar-refractivity contribution in [2.24, 2.45) is 0 Å². The Labute approximate surface area is 86.9 Å². The molecule has 0 spiro atoms. The zero-order valence-corrected chi connectivity index (χ0v) is 8.66. The zero-order chi connectivity index (χ0) is 11.3. The lowest BCUT2D eigenvalue weighted by Gasteiger charge is -2.05. The first kappa shape index (κ1) is 12.0. The highest BCUT2D eigenvalue weighted by molar-refractivity contribution is 5.10. The molecular formula is C9H15F2N3O. The molecule has 0 saturated carbocycles. The van der Waals surface area contributed by atoms with Crippen molar-refractivity contribution in [3.05, 3.63) is 11.4 Å². The Morgan fingerprint density at radius 2 is 2.13 bits per heavy atom. The van der Waals surface area contributed by atoms with Gasteiger partial charge in [-0.1, -0.05) is 25.0 Å². The Morgan fingerprint density at radius 1 is 1.40 bits per heavy atom. The molecule has 0 unspecified atom stereocenters. The molecule has 0 bridgehead atoms. The first-order valence-corrected chi connectivity index (χ1v) is 5.02. The summed E-state index contributed by atoms with van der Waals surface area (Å²) in [4.78, 5) is 0. The normalized spacial score (nSPS) is 11.3. The minimum atomic E-state index is -2.64. The molecule has 0 atom stereocenters. The van der Waals surface area contributed by atoms with Gasteiger partial charge in [-0.05, 0) is 6.42 Å². The number of hydrogen-bond donors (Lipinski definition) is 1. The summed E-state index contributed by atoms with van der Waals surface area (Å²) in [5.41, 5.74) is -0.282. The lowest BCUT2D eigenvalue weighted by atomic mass is 10.2. The van der Waals surface area contributed by atoms with Gasteiger partial charge in [0.25, 0.3) is 6.43 Å². The fraction of sp³-hybridized carbons (Fsp3) is 0.778. The maximum atomic E-state index is 12.6. The molecule has 1 heterocycles. The topological polar surface area (TPSA) is 50.9 Å². The standard InChI is InChI=1S/C9H15F2N3O/c1-2-3-4-5-14-8(9(10)11)7(6-15)12-13-14/h9,15H,2-6H2,1H3. The van der Waals surface area contributed by atoms with Gasteiger partial charge in [0.15, 0.2) is 0 Å². The van der Waals surface area contributed by atoms with E-state index in [0.29, 0.717) is 6.54 Å². The van der Waals surface area contributed by atoms with Gasteiger partial charge < -0.3 is 5.11 Å². The lowest BCUT2D eigenvalue weighted by molar-refractivity contribution is 0.134. The van der Waals surface area contributed by atoms with Crippen LogP contribution in [0.2, 0.25) is 0 Å². The molecule has 1 N–H and O–H groups in total. The molecule has 4 nitrogen and oxygen atoms in total. The first-order chi connectivity index (χ1) is 7.20. The van der Waals surface area contributed by atoms with E-state index in [0.717, 1.165) is 19.3 Å². The van der Waals surface area contributed by atoms with Gasteiger partial charge in [0, 0.05) is 6.54 Å².